The SMILES string of the molecule is COC(=O)[C@@H]1[C@H](C(=O)OC(C)(C)C)N1[S+]([O-])C(C)(C)C. The monoisotopic (exact) mass is 305 g/mol. The first-order valence-electron chi connectivity index (χ1n) is 6.41. The van der Waals surface area contributed by atoms with Crippen LogP contribution >= 0.6 is 0 Å². The van der Waals surface area contributed by atoms with Crippen LogP contribution in [0.1, 0.15) is 41.5 Å². The quantitative estimate of drug-likeness (QED) is 0.440. The number of ether oxygens (including phenoxy) is 2. The zero-order valence-corrected chi connectivity index (χ0v) is 13.9. The van der Waals surface area contributed by atoms with Crippen molar-refractivity contribution < 1.29 is 23.6 Å². The third-order valence-corrected chi connectivity index (χ3v) is 4.45. The zero-order valence-electron chi connectivity index (χ0n) is 13.1. The van der Waals surface area contributed by atoms with Crippen molar-refractivity contribution in [2.45, 2.75) is 64.0 Å². The van der Waals surface area contributed by atoms with Crippen molar-refractivity contribution in [2.75, 3.05) is 7.11 Å². The highest BCUT2D eigenvalue weighted by atomic mass is 32.2. The van der Waals surface area contributed by atoms with Crippen LogP contribution in [0.5, 0.6) is 0 Å². The molecule has 1 aliphatic rings. The molecule has 0 amide bonds. The van der Waals surface area contributed by atoms with Gasteiger partial charge in [0, 0.05) is 11.4 Å². The molecular formula is C13H23NO5S. The van der Waals surface area contributed by atoms with Gasteiger partial charge in [0.2, 0.25) is 0 Å². The van der Waals surface area contributed by atoms with Gasteiger partial charge in [-0.3, -0.25) is 9.59 Å². The Kier molecular flexibility index (Phi) is 4.78. The summed E-state index contributed by atoms with van der Waals surface area (Å²) >= 11 is -1.48. The first-order valence-corrected chi connectivity index (χ1v) is 7.52. The molecule has 1 rings (SSSR count). The third-order valence-electron chi connectivity index (χ3n) is 2.56. The molecule has 0 N–H and O–H groups in total. The highest BCUT2D eigenvalue weighted by Gasteiger charge is 2.68. The number of nitrogens with zero attached hydrogens (tertiary/aromatic N) is 1. The van der Waals surface area contributed by atoms with Crippen molar-refractivity contribution in [3.8, 4) is 0 Å². The van der Waals surface area contributed by atoms with Crippen LogP contribution in [0.4, 0.5) is 0 Å². The summed E-state index contributed by atoms with van der Waals surface area (Å²) in [5.41, 5.74) is -0.658. The lowest BCUT2D eigenvalue weighted by atomic mass is 10.2. The van der Waals surface area contributed by atoms with Gasteiger partial charge in [-0.05, 0) is 41.5 Å². The maximum Gasteiger partial charge on any atom is 0.331 e. The summed E-state index contributed by atoms with van der Waals surface area (Å²) in [7, 11) is 1.24. The Morgan fingerprint density at radius 3 is 1.85 bits per heavy atom. The largest absolute Gasteiger partial charge is 0.597 e. The summed E-state index contributed by atoms with van der Waals surface area (Å²) in [5, 5.41) is 0. The van der Waals surface area contributed by atoms with Crippen molar-refractivity contribution >= 4 is 23.3 Å². The molecule has 0 saturated carbocycles. The summed E-state index contributed by atoms with van der Waals surface area (Å²) in [6.07, 6.45) is 0. The summed E-state index contributed by atoms with van der Waals surface area (Å²) < 4.78 is 23.1. The van der Waals surface area contributed by atoms with Crippen LogP contribution in [0.25, 0.3) is 0 Å². The van der Waals surface area contributed by atoms with Crippen molar-refractivity contribution in [2.24, 2.45) is 0 Å². The molecule has 0 aromatic heterocycles. The van der Waals surface area contributed by atoms with Crippen molar-refractivity contribution in [3.05, 3.63) is 0 Å². The third kappa shape index (κ3) is 3.86. The van der Waals surface area contributed by atoms with Gasteiger partial charge in [0.1, 0.15) is 10.3 Å². The Labute approximate surface area is 123 Å². The van der Waals surface area contributed by atoms with Gasteiger partial charge < -0.3 is 14.0 Å². The van der Waals surface area contributed by atoms with E-state index in [1.54, 1.807) is 41.5 Å². The Balaban J connectivity index is 2.88. The highest BCUT2D eigenvalue weighted by Crippen LogP contribution is 2.39. The fraction of sp³-hybridized carbons (Fsp3) is 0.846. The maximum atomic E-state index is 12.4. The molecule has 1 heterocycles. The second-order valence-electron chi connectivity index (χ2n) is 6.67. The highest BCUT2D eigenvalue weighted by molar-refractivity contribution is 7.90. The topological polar surface area (TPSA) is 78.7 Å². The second-order valence-corrected chi connectivity index (χ2v) is 8.81. The molecule has 116 valence electrons. The van der Waals surface area contributed by atoms with Crippen LogP contribution in [0.15, 0.2) is 0 Å². The average Bonchev–Trinajstić information content (AvgIpc) is 2.98. The minimum absolute atomic E-state index is 0.550. The van der Waals surface area contributed by atoms with Gasteiger partial charge in [-0.15, -0.1) is 0 Å². The zero-order chi connectivity index (χ0) is 15.9. The normalized spacial score (nSPS) is 27.7. The first-order chi connectivity index (χ1) is 8.90. The van der Waals surface area contributed by atoms with Gasteiger partial charge >= 0.3 is 11.9 Å². The number of methoxy groups -OCH3 is 1. The van der Waals surface area contributed by atoms with Gasteiger partial charge in [0.15, 0.2) is 12.1 Å². The maximum absolute atomic E-state index is 12.4. The Bertz CT molecular complexity index is 399. The number of hydrogen-bond donors (Lipinski definition) is 0. The lowest BCUT2D eigenvalue weighted by Gasteiger charge is -2.24. The van der Waals surface area contributed by atoms with E-state index in [-0.39, 0.29) is 0 Å². The van der Waals surface area contributed by atoms with Crippen LogP contribution in [-0.4, -0.2) is 50.3 Å². The van der Waals surface area contributed by atoms with Gasteiger partial charge in [0.05, 0.1) is 7.11 Å². The summed E-state index contributed by atoms with van der Waals surface area (Å²) in [5.74, 6) is -1.12. The fourth-order valence-electron chi connectivity index (χ4n) is 1.68. The fourth-order valence-corrected chi connectivity index (χ4v) is 3.08. The molecule has 0 radical (unpaired) electrons. The molecule has 7 heteroatoms. The standard InChI is InChI=1S/C13H23NO5S/c1-12(2,3)19-11(16)9-8(10(15)18-7)14(9)20(17)13(4,5)6/h8-9H,1-7H3/t8-,9+,14?,20?/m0/s1. The number of carbonyl (C=O) groups is 2. The van der Waals surface area contributed by atoms with Crippen LogP contribution in [0.3, 0.4) is 0 Å². The van der Waals surface area contributed by atoms with Crippen LogP contribution < -0.4 is 0 Å². The Morgan fingerprint density at radius 2 is 1.50 bits per heavy atom. The Morgan fingerprint density at radius 1 is 1.05 bits per heavy atom. The molecule has 1 fully saturated rings. The number of hydrogen-bond acceptors (Lipinski definition) is 6. The van der Waals surface area contributed by atoms with Crippen molar-refractivity contribution in [1.29, 1.82) is 0 Å². The number of rotatable bonds is 3. The van der Waals surface area contributed by atoms with Gasteiger partial charge in [-0.1, -0.05) is 4.31 Å². The summed E-state index contributed by atoms with van der Waals surface area (Å²) in [4.78, 5) is 23.8. The van der Waals surface area contributed by atoms with E-state index in [0.717, 1.165) is 0 Å². The van der Waals surface area contributed by atoms with E-state index < -0.39 is 45.7 Å². The molecule has 20 heavy (non-hydrogen) atoms. The molecule has 0 spiro atoms. The van der Waals surface area contributed by atoms with Gasteiger partial charge in [0.25, 0.3) is 0 Å². The minimum Gasteiger partial charge on any atom is -0.597 e. The minimum atomic E-state index is -1.48. The Hall–Kier alpha value is -0.790. The molecule has 6 nitrogen and oxygen atoms in total. The van der Waals surface area contributed by atoms with E-state index in [2.05, 4.69) is 4.74 Å². The summed E-state index contributed by atoms with van der Waals surface area (Å²) in [6.45, 7) is 10.6. The lowest BCUT2D eigenvalue weighted by molar-refractivity contribution is -0.155. The molecule has 0 aromatic rings. The molecule has 0 aliphatic carbocycles. The molecule has 1 saturated heterocycles. The van der Waals surface area contributed by atoms with E-state index in [1.807, 2.05) is 0 Å². The average molecular weight is 305 g/mol. The molecule has 0 aromatic carbocycles. The van der Waals surface area contributed by atoms with Crippen LogP contribution in [-0.2, 0) is 30.4 Å². The van der Waals surface area contributed by atoms with Crippen molar-refractivity contribution in [3.63, 3.8) is 0 Å². The smallest absolute Gasteiger partial charge is 0.331 e. The van der Waals surface area contributed by atoms with Crippen LogP contribution in [0.2, 0.25) is 0 Å². The van der Waals surface area contributed by atoms with Crippen LogP contribution in [0, 0.1) is 0 Å². The van der Waals surface area contributed by atoms with E-state index in [4.69, 9.17) is 4.74 Å². The predicted molar refractivity (Wildman–Crippen MR) is 75.2 cm³/mol. The van der Waals surface area contributed by atoms with Gasteiger partial charge in [-0.2, -0.15) is 0 Å². The van der Waals surface area contributed by atoms with E-state index in [9.17, 15) is 14.1 Å². The van der Waals surface area contributed by atoms with E-state index in [1.165, 1.54) is 11.4 Å². The predicted octanol–water partition coefficient (Wildman–Crippen LogP) is 1.02. The molecule has 2 unspecified atom stereocenters. The lowest BCUT2D eigenvalue weighted by Crippen LogP contribution is -2.37. The van der Waals surface area contributed by atoms with Gasteiger partial charge in [-0.25, -0.2) is 0 Å². The number of carbonyl (C=O) groups excluding carboxylic acids is 2. The number of esters is 2. The summed E-state index contributed by atoms with van der Waals surface area (Å²) in [6, 6.07) is -1.66. The van der Waals surface area contributed by atoms with E-state index >= 15 is 0 Å². The van der Waals surface area contributed by atoms with E-state index in [0.29, 0.717) is 0 Å². The molecular weight excluding hydrogens is 282 g/mol. The molecule has 1 aliphatic heterocycles. The second kappa shape index (κ2) is 5.54. The molecule has 0 bridgehead atoms. The van der Waals surface area contributed by atoms with Crippen molar-refractivity contribution in [1.82, 2.24) is 4.31 Å². The molecule has 4 atom stereocenters. The first kappa shape index (κ1) is 17.3.